The summed E-state index contributed by atoms with van der Waals surface area (Å²) >= 11 is 0. The number of ether oxygens (including phenoxy) is 1. The topological polar surface area (TPSA) is 51.5 Å². The van der Waals surface area contributed by atoms with Crippen LogP contribution >= 0.6 is 0 Å². The molecule has 2 heterocycles. The number of rotatable bonds is 5. The minimum atomic E-state index is -0.306. The third-order valence-electron chi connectivity index (χ3n) is 2.93. The molecule has 0 unspecified atom stereocenters. The van der Waals surface area contributed by atoms with Crippen molar-refractivity contribution in [2.75, 3.05) is 11.9 Å². The minimum Gasteiger partial charge on any atom is -0.436 e. The standard InChI is InChI=1S/C15H15FN4O/c1-2-7-17-13-10-20-9-8-18-14(20)15(19-13)21-12-5-3-11(16)4-6-12/h3-6,8-10,17H,2,7H2,1H3. The summed E-state index contributed by atoms with van der Waals surface area (Å²) in [5.74, 6) is 1.30. The lowest BCUT2D eigenvalue weighted by atomic mass is 10.3. The van der Waals surface area contributed by atoms with Crippen LogP contribution in [-0.2, 0) is 0 Å². The van der Waals surface area contributed by atoms with E-state index in [1.54, 1.807) is 18.3 Å². The Kier molecular flexibility index (Phi) is 3.68. The highest BCUT2D eigenvalue weighted by Gasteiger charge is 2.10. The molecule has 0 amide bonds. The molecule has 6 heteroatoms. The predicted molar refractivity (Wildman–Crippen MR) is 78.2 cm³/mol. The molecule has 0 aliphatic rings. The molecule has 0 saturated heterocycles. The van der Waals surface area contributed by atoms with E-state index in [-0.39, 0.29) is 5.82 Å². The number of benzene rings is 1. The molecule has 5 nitrogen and oxygen atoms in total. The zero-order valence-electron chi connectivity index (χ0n) is 11.6. The van der Waals surface area contributed by atoms with Crippen LogP contribution in [-0.4, -0.2) is 20.9 Å². The largest absolute Gasteiger partial charge is 0.436 e. The highest BCUT2D eigenvalue weighted by atomic mass is 19.1. The Morgan fingerprint density at radius 1 is 1.29 bits per heavy atom. The van der Waals surface area contributed by atoms with Crippen molar-refractivity contribution in [3.05, 3.63) is 48.7 Å². The van der Waals surface area contributed by atoms with E-state index in [4.69, 9.17) is 4.74 Å². The molecular formula is C15H15FN4O. The summed E-state index contributed by atoms with van der Waals surface area (Å²) < 4.78 is 20.5. The lowest BCUT2D eigenvalue weighted by molar-refractivity contribution is 0.464. The van der Waals surface area contributed by atoms with Crippen molar-refractivity contribution in [1.82, 2.24) is 14.4 Å². The first kappa shape index (κ1) is 13.4. The van der Waals surface area contributed by atoms with Gasteiger partial charge in [0.05, 0.1) is 6.20 Å². The van der Waals surface area contributed by atoms with Gasteiger partial charge in [0.2, 0.25) is 5.65 Å². The summed E-state index contributed by atoms with van der Waals surface area (Å²) in [5, 5.41) is 3.21. The van der Waals surface area contributed by atoms with Crippen molar-refractivity contribution in [3.8, 4) is 11.6 Å². The Balaban J connectivity index is 1.95. The van der Waals surface area contributed by atoms with E-state index in [0.717, 1.165) is 13.0 Å². The maximum absolute atomic E-state index is 12.9. The molecule has 1 N–H and O–H groups in total. The average Bonchev–Trinajstić information content (AvgIpc) is 2.96. The lowest BCUT2D eigenvalue weighted by Crippen LogP contribution is -2.05. The number of anilines is 1. The molecule has 0 bridgehead atoms. The zero-order valence-corrected chi connectivity index (χ0v) is 11.6. The molecule has 0 atom stereocenters. The molecule has 0 radical (unpaired) electrons. The number of fused-ring (bicyclic) bond motifs is 1. The third-order valence-corrected chi connectivity index (χ3v) is 2.93. The fourth-order valence-electron chi connectivity index (χ4n) is 1.92. The van der Waals surface area contributed by atoms with Crippen LogP contribution in [0.1, 0.15) is 13.3 Å². The van der Waals surface area contributed by atoms with Gasteiger partial charge >= 0.3 is 0 Å². The number of hydrogen-bond donors (Lipinski definition) is 1. The average molecular weight is 286 g/mol. The van der Waals surface area contributed by atoms with Crippen molar-refractivity contribution >= 4 is 11.5 Å². The van der Waals surface area contributed by atoms with Gasteiger partial charge < -0.3 is 10.1 Å². The predicted octanol–water partition coefficient (Wildman–Crippen LogP) is 3.48. The van der Waals surface area contributed by atoms with Crippen LogP contribution in [0.4, 0.5) is 10.2 Å². The number of halogens is 1. The third kappa shape index (κ3) is 2.94. The van der Waals surface area contributed by atoms with Crippen molar-refractivity contribution in [2.24, 2.45) is 0 Å². The van der Waals surface area contributed by atoms with Gasteiger partial charge in [-0.2, -0.15) is 4.98 Å². The smallest absolute Gasteiger partial charge is 0.265 e. The monoisotopic (exact) mass is 286 g/mol. The van der Waals surface area contributed by atoms with Gasteiger partial charge in [0.25, 0.3) is 5.88 Å². The summed E-state index contributed by atoms with van der Waals surface area (Å²) in [5.41, 5.74) is 0.612. The van der Waals surface area contributed by atoms with Crippen molar-refractivity contribution < 1.29 is 9.13 Å². The molecule has 2 aromatic heterocycles. The Hall–Kier alpha value is -2.63. The van der Waals surface area contributed by atoms with Gasteiger partial charge in [-0.05, 0) is 30.7 Å². The van der Waals surface area contributed by atoms with Crippen molar-refractivity contribution in [3.63, 3.8) is 0 Å². The highest BCUT2D eigenvalue weighted by molar-refractivity contribution is 5.55. The number of hydrogen-bond acceptors (Lipinski definition) is 4. The normalized spacial score (nSPS) is 10.8. The van der Waals surface area contributed by atoms with Gasteiger partial charge in [-0.3, -0.25) is 4.40 Å². The van der Waals surface area contributed by atoms with Gasteiger partial charge in [-0.25, -0.2) is 9.37 Å². The van der Waals surface area contributed by atoms with Crippen molar-refractivity contribution in [1.29, 1.82) is 0 Å². The second-order valence-corrected chi connectivity index (χ2v) is 4.57. The second kappa shape index (κ2) is 5.78. The number of imidazole rings is 1. The van der Waals surface area contributed by atoms with Crippen LogP contribution in [0, 0.1) is 5.82 Å². The minimum absolute atomic E-state index is 0.306. The number of nitrogens with zero attached hydrogens (tertiary/aromatic N) is 3. The Labute approximate surface area is 121 Å². The molecule has 0 aliphatic carbocycles. The maximum atomic E-state index is 12.9. The molecule has 108 valence electrons. The molecule has 3 aromatic rings. The first-order valence-electron chi connectivity index (χ1n) is 6.77. The summed E-state index contributed by atoms with van der Waals surface area (Å²) in [6.45, 7) is 2.90. The molecule has 21 heavy (non-hydrogen) atoms. The Bertz CT molecular complexity index is 739. The SMILES string of the molecule is CCCNc1cn2ccnc2c(Oc2ccc(F)cc2)n1. The Morgan fingerprint density at radius 3 is 2.86 bits per heavy atom. The summed E-state index contributed by atoms with van der Waals surface area (Å²) in [7, 11) is 0. The summed E-state index contributed by atoms with van der Waals surface area (Å²) in [6.07, 6.45) is 6.36. The molecule has 0 saturated carbocycles. The molecule has 0 fully saturated rings. The fourth-order valence-corrected chi connectivity index (χ4v) is 1.92. The van der Waals surface area contributed by atoms with Crippen LogP contribution in [0.2, 0.25) is 0 Å². The van der Waals surface area contributed by atoms with E-state index < -0.39 is 0 Å². The molecule has 1 aromatic carbocycles. The first-order valence-corrected chi connectivity index (χ1v) is 6.77. The molecule has 0 spiro atoms. The van der Waals surface area contributed by atoms with E-state index >= 15 is 0 Å². The maximum Gasteiger partial charge on any atom is 0.265 e. The second-order valence-electron chi connectivity index (χ2n) is 4.57. The highest BCUT2D eigenvalue weighted by Crippen LogP contribution is 2.25. The first-order chi connectivity index (χ1) is 10.3. The van der Waals surface area contributed by atoms with E-state index in [2.05, 4.69) is 22.2 Å². The van der Waals surface area contributed by atoms with E-state index in [1.807, 2.05) is 16.8 Å². The molecule has 0 aliphatic heterocycles. The quantitative estimate of drug-likeness (QED) is 0.780. The van der Waals surface area contributed by atoms with E-state index in [1.165, 1.54) is 12.1 Å². The van der Waals surface area contributed by atoms with Crippen molar-refractivity contribution in [2.45, 2.75) is 13.3 Å². The lowest BCUT2D eigenvalue weighted by Gasteiger charge is -2.09. The van der Waals surface area contributed by atoms with Gasteiger partial charge in [-0.1, -0.05) is 6.92 Å². The van der Waals surface area contributed by atoms with Crippen LogP contribution in [0.3, 0.4) is 0 Å². The van der Waals surface area contributed by atoms with Crippen LogP contribution in [0.15, 0.2) is 42.9 Å². The van der Waals surface area contributed by atoms with Gasteiger partial charge in [0.1, 0.15) is 17.4 Å². The van der Waals surface area contributed by atoms with Gasteiger partial charge in [-0.15, -0.1) is 0 Å². The number of aromatic nitrogens is 3. The van der Waals surface area contributed by atoms with Gasteiger partial charge in [0.15, 0.2) is 0 Å². The van der Waals surface area contributed by atoms with Gasteiger partial charge in [0, 0.05) is 18.9 Å². The zero-order chi connectivity index (χ0) is 14.7. The summed E-state index contributed by atoms with van der Waals surface area (Å²) in [6, 6.07) is 5.81. The van der Waals surface area contributed by atoms with Crippen LogP contribution < -0.4 is 10.1 Å². The van der Waals surface area contributed by atoms with Crippen LogP contribution in [0.25, 0.3) is 5.65 Å². The van der Waals surface area contributed by atoms with E-state index in [9.17, 15) is 4.39 Å². The molecular weight excluding hydrogens is 271 g/mol. The Morgan fingerprint density at radius 2 is 2.10 bits per heavy atom. The van der Waals surface area contributed by atoms with E-state index in [0.29, 0.717) is 23.1 Å². The fraction of sp³-hybridized carbons (Fsp3) is 0.200. The summed E-state index contributed by atoms with van der Waals surface area (Å²) in [4.78, 5) is 8.65. The number of nitrogens with one attached hydrogen (secondary N) is 1. The van der Waals surface area contributed by atoms with Crippen LogP contribution in [0.5, 0.6) is 11.6 Å². The molecule has 3 rings (SSSR count).